The Morgan fingerprint density at radius 2 is 1.85 bits per heavy atom. The minimum Gasteiger partial charge on any atom is -0.468 e. The highest BCUT2D eigenvalue weighted by Gasteiger charge is 2.29. The highest BCUT2D eigenvalue weighted by atomic mass is 16.3. The van der Waals surface area contributed by atoms with Crippen LogP contribution in [0.5, 0.6) is 0 Å². The van der Waals surface area contributed by atoms with E-state index in [4.69, 9.17) is 9.40 Å². The number of hydrogen-bond donors (Lipinski definition) is 1. The van der Waals surface area contributed by atoms with Gasteiger partial charge in [0.05, 0.1) is 30.6 Å². The number of nitriles is 1. The van der Waals surface area contributed by atoms with Crippen LogP contribution in [-0.2, 0) is 24.2 Å². The molecule has 0 radical (unpaired) electrons. The number of furan rings is 1. The van der Waals surface area contributed by atoms with Crippen molar-refractivity contribution in [2.75, 3.05) is 37.6 Å². The summed E-state index contributed by atoms with van der Waals surface area (Å²) in [5, 5.41) is 13.1. The summed E-state index contributed by atoms with van der Waals surface area (Å²) in [7, 11) is 0. The number of carbonyl (C=O) groups excluding carboxylic acids is 1. The lowest BCUT2D eigenvalue weighted by molar-refractivity contribution is -0.130. The molecular weight excluding hydrogens is 414 g/mol. The Morgan fingerprint density at radius 1 is 1.06 bits per heavy atom. The predicted molar refractivity (Wildman–Crippen MR) is 126 cm³/mol. The molecule has 0 spiro atoms. The van der Waals surface area contributed by atoms with Gasteiger partial charge in [0.25, 0.3) is 0 Å². The van der Waals surface area contributed by atoms with Crippen LogP contribution in [0.25, 0.3) is 11.3 Å². The summed E-state index contributed by atoms with van der Waals surface area (Å²) in [6.07, 6.45) is 4.58. The summed E-state index contributed by atoms with van der Waals surface area (Å²) in [6, 6.07) is 16.4. The van der Waals surface area contributed by atoms with Crippen molar-refractivity contribution >= 4 is 11.7 Å². The van der Waals surface area contributed by atoms with Gasteiger partial charge >= 0.3 is 0 Å². The SMILES string of the molecule is N#Cc1c(N2CCN(C(=O)CNCc3ccco3)CC2)nc(-c2ccccc2)c2c1CCC2. The molecule has 7 heteroatoms. The smallest absolute Gasteiger partial charge is 0.236 e. The Balaban J connectivity index is 1.30. The summed E-state index contributed by atoms with van der Waals surface area (Å²) < 4.78 is 5.29. The quantitative estimate of drug-likeness (QED) is 0.633. The maximum Gasteiger partial charge on any atom is 0.236 e. The van der Waals surface area contributed by atoms with E-state index in [1.54, 1.807) is 6.26 Å². The van der Waals surface area contributed by atoms with Crippen molar-refractivity contribution in [2.45, 2.75) is 25.8 Å². The van der Waals surface area contributed by atoms with Crippen molar-refractivity contribution in [3.63, 3.8) is 0 Å². The van der Waals surface area contributed by atoms with E-state index in [9.17, 15) is 10.1 Å². The van der Waals surface area contributed by atoms with E-state index in [0.717, 1.165) is 47.7 Å². The molecule has 5 rings (SSSR count). The summed E-state index contributed by atoms with van der Waals surface area (Å²) in [5.74, 6) is 1.65. The second-order valence-electron chi connectivity index (χ2n) is 8.50. The summed E-state index contributed by atoms with van der Waals surface area (Å²) in [6.45, 7) is 3.37. The first-order valence-electron chi connectivity index (χ1n) is 11.5. The molecule has 1 aliphatic carbocycles. The van der Waals surface area contributed by atoms with Crippen molar-refractivity contribution in [1.82, 2.24) is 15.2 Å². The lowest BCUT2D eigenvalue weighted by Crippen LogP contribution is -2.51. The van der Waals surface area contributed by atoms with Crippen LogP contribution in [-0.4, -0.2) is 48.5 Å². The zero-order valence-electron chi connectivity index (χ0n) is 18.6. The first-order chi connectivity index (χ1) is 16.2. The zero-order valence-corrected chi connectivity index (χ0v) is 18.6. The number of anilines is 1. The summed E-state index contributed by atoms with van der Waals surface area (Å²) in [5.41, 5.74) is 5.18. The molecule has 0 bridgehead atoms. The van der Waals surface area contributed by atoms with E-state index in [0.29, 0.717) is 38.3 Å². The molecule has 0 unspecified atom stereocenters. The third-order valence-electron chi connectivity index (χ3n) is 6.49. The van der Waals surface area contributed by atoms with Crippen LogP contribution in [0.3, 0.4) is 0 Å². The average Bonchev–Trinajstić information content (AvgIpc) is 3.56. The number of amides is 1. The molecule has 3 heterocycles. The average molecular weight is 442 g/mol. The molecule has 1 aliphatic heterocycles. The number of nitrogens with zero attached hydrogens (tertiary/aromatic N) is 4. The molecule has 2 aromatic heterocycles. The molecule has 33 heavy (non-hydrogen) atoms. The Labute approximate surface area is 193 Å². The van der Waals surface area contributed by atoms with Gasteiger partial charge in [0, 0.05) is 31.7 Å². The number of hydrogen-bond acceptors (Lipinski definition) is 6. The fourth-order valence-corrected chi connectivity index (χ4v) is 4.81. The molecule has 1 saturated heterocycles. The van der Waals surface area contributed by atoms with Gasteiger partial charge in [-0.25, -0.2) is 4.98 Å². The number of fused-ring (bicyclic) bond motifs is 1. The molecule has 1 amide bonds. The molecule has 168 valence electrons. The number of nitrogens with one attached hydrogen (secondary N) is 1. The second kappa shape index (κ2) is 9.47. The van der Waals surface area contributed by atoms with Gasteiger partial charge in [0.2, 0.25) is 5.91 Å². The maximum atomic E-state index is 12.6. The van der Waals surface area contributed by atoms with Crippen LogP contribution >= 0.6 is 0 Å². The molecule has 1 aromatic carbocycles. The number of rotatable bonds is 6. The number of pyridine rings is 1. The Hall–Kier alpha value is -3.63. The highest BCUT2D eigenvalue weighted by Crippen LogP contribution is 2.37. The van der Waals surface area contributed by atoms with Gasteiger partial charge in [-0.3, -0.25) is 4.79 Å². The largest absolute Gasteiger partial charge is 0.468 e. The van der Waals surface area contributed by atoms with Crippen LogP contribution in [0.15, 0.2) is 53.1 Å². The normalized spacial score (nSPS) is 15.4. The maximum absolute atomic E-state index is 12.6. The molecular formula is C26H27N5O2. The van der Waals surface area contributed by atoms with Crippen LogP contribution in [0.1, 0.15) is 28.9 Å². The van der Waals surface area contributed by atoms with E-state index >= 15 is 0 Å². The fraction of sp³-hybridized carbons (Fsp3) is 0.346. The van der Waals surface area contributed by atoms with E-state index in [1.807, 2.05) is 35.2 Å². The zero-order chi connectivity index (χ0) is 22.6. The molecule has 1 N–H and O–H groups in total. The summed E-state index contributed by atoms with van der Waals surface area (Å²) >= 11 is 0. The van der Waals surface area contributed by atoms with Crippen LogP contribution in [0, 0.1) is 11.3 Å². The Morgan fingerprint density at radius 3 is 2.58 bits per heavy atom. The molecule has 2 aliphatic rings. The van der Waals surface area contributed by atoms with Crippen molar-refractivity contribution in [2.24, 2.45) is 0 Å². The molecule has 3 aromatic rings. The minimum absolute atomic E-state index is 0.0774. The van der Waals surface area contributed by atoms with Gasteiger partial charge in [-0.05, 0) is 42.5 Å². The second-order valence-corrected chi connectivity index (χ2v) is 8.50. The van der Waals surface area contributed by atoms with E-state index in [1.165, 1.54) is 5.56 Å². The fourth-order valence-electron chi connectivity index (χ4n) is 4.81. The topological polar surface area (TPSA) is 85.4 Å². The van der Waals surface area contributed by atoms with Crippen molar-refractivity contribution in [1.29, 1.82) is 5.26 Å². The third kappa shape index (κ3) is 4.35. The van der Waals surface area contributed by atoms with Crippen molar-refractivity contribution < 1.29 is 9.21 Å². The Kier molecular flexibility index (Phi) is 6.09. The van der Waals surface area contributed by atoms with Crippen LogP contribution < -0.4 is 10.2 Å². The first-order valence-corrected chi connectivity index (χ1v) is 11.5. The molecule has 0 atom stereocenters. The van der Waals surface area contributed by atoms with Gasteiger partial charge in [-0.15, -0.1) is 0 Å². The first kappa shape index (κ1) is 21.2. The lowest BCUT2D eigenvalue weighted by atomic mass is 9.98. The van der Waals surface area contributed by atoms with Crippen LogP contribution in [0.4, 0.5) is 5.82 Å². The highest BCUT2D eigenvalue weighted by molar-refractivity contribution is 5.79. The number of carbonyl (C=O) groups is 1. The number of aromatic nitrogens is 1. The van der Waals surface area contributed by atoms with Gasteiger partial charge in [-0.1, -0.05) is 30.3 Å². The minimum atomic E-state index is 0.0774. The predicted octanol–water partition coefficient (Wildman–Crippen LogP) is 3.14. The van der Waals surface area contributed by atoms with Crippen LogP contribution in [0.2, 0.25) is 0 Å². The molecule has 0 saturated carbocycles. The number of piperazine rings is 1. The van der Waals surface area contributed by atoms with Gasteiger partial charge in [0.1, 0.15) is 17.6 Å². The monoisotopic (exact) mass is 441 g/mol. The lowest BCUT2D eigenvalue weighted by Gasteiger charge is -2.36. The third-order valence-corrected chi connectivity index (χ3v) is 6.49. The van der Waals surface area contributed by atoms with E-state index in [-0.39, 0.29) is 12.5 Å². The van der Waals surface area contributed by atoms with Crippen molar-refractivity contribution in [3.8, 4) is 17.3 Å². The van der Waals surface area contributed by atoms with E-state index in [2.05, 4.69) is 28.4 Å². The van der Waals surface area contributed by atoms with Gasteiger partial charge in [-0.2, -0.15) is 5.26 Å². The Bertz CT molecular complexity index is 1160. The van der Waals surface area contributed by atoms with Gasteiger partial charge in [0.15, 0.2) is 0 Å². The van der Waals surface area contributed by atoms with Crippen molar-refractivity contribution in [3.05, 3.63) is 71.2 Å². The molecule has 1 fully saturated rings. The van der Waals surface area contributed by atoms with E-state index < -0.39 is 0 Å². The van der Waals surface area contributed by atoms with Gasteiger partial charge < -0.3 is 19.5 Å². The number of benzene rings is 1. The molecule has 7 nitrogen and oxygen atoms in total. The standard InChI is InChI=1S/C26H27N5O2/c27-16-23-21-9-4-10-22(21)25(19-6-2-1-3-7-19)29-26(23)31-13-11-30(12-14-31)24(32)18-28-17-20-8-5-15-33-20/h1-3,5-8,15,28H,4,9-14,17-18H2. The summed E-state index contributed by atoms with van der Waals surface area (Å²) in [4.78, 5) is 21.7.